The fourth-order valence-corrected chi connectivity index (χ4v) is 2.05. The van der Waals surface area contributed by atoms with Crippen LogP contribution in [0.2, 0.25) is 0 Å². The van der Waals surface area contributed by atoms with Gasteiger partial charge in [-0.3, -0.25) is 4.79 Å². The molecule has 0 saturated carbocycles. The van der Waals surface area contributed by atoms with Crippen LogP contribution < -0.4 is 10.6 Å². The van der Waals surface area contributed by atoms with Crippen molar-refractivity contribution in [2.45, 2.75) is 18.9 Å². The van der Waals surface area contributed by atoms with Crippen molar-refractivity contribution in [3.8, 4) is 0 Å². The molecule has 4 heteroatoms. The fraction of sp³-hybridized carbons (Fsp3) is 0.462. The molecule has 2 rings (SSSR count). The molecule has 1 aliphatic heterocycles. The molecule has 0 spiro atoms. The molecule has 1 aromatic rings. The molecule has 1 aromatic carbocycles. The molecular formula is C13H17FN2O. The van der Waals surface area contributed by atoms with Gasteiger partial charge in [0.1, 0.15) is 5.82 Å². The number of hydrogen-bond acceptors (Lipinski definition) is 3. The molecule has 0 unspecified atom stereocenters. The zero-order chi connectivity index (χ0) is 12.1. The Morgan fingerprint density at radius 1 is 1.35 bits per heavy atom. The molecule has 0 atom stereocenters. The summed E-state index contributed by atoms with van der Waals surface area (Å²) in [5.41, 5.74) is 0.175. The molecule has 2 N–H and O–H groups in total. The van der Waals surface area contributed by atoms with Crippen molar-refractivity contribution in [2.75, 3.05) is 19.6 Å². The van der Waals surface area contributed by atoms with Crippen molar-refractivity contribution in [1.82, 2.24) is 10.6 Å². The Morgan fingerprint density at radius 3 is 2.76 bits per heavy atom. The molecule has 1 aliphatic rings. The van der Waals surface area contributed by atoms with Gasteiger partial charge in [-0.05, 0) is 38.1 Å². The number of rotatable bonds is 4. The van der Waals surface area contributed by atoms with E-state index in [1.54, 1.807) is 12.1 Å². The van der Waals surface area contributed by atoms with Gasteiger partial charge in [0.05, 0.1) is 12.1 Å². The van der Waals surface area contributed by atoms with E-state index in [-0.39, 0.29) is 17.9 Å². The van der Waals surface area contributed by atoms with Crippen LogP contribution in [0.25, 0.3) is 0 Å². The number of piperidine rings is 1. The minimum atomic E-state index is -0.440. The lowest BCUT2D eigenvalue weighted by Gasteiger charge is -2.23. The number of ketones is 1. The molecule has 1 heterocycles. The van der Waals surface area contributed by atoms with Crippen LogP contribution in [-0.4, -0.2) is 31.5 Å². The van der Waals surface area contributed by atoms with E-state index in [0.717, 1.165) is 25.9 Å². The quantitative estimate of drug-likeness (QED) is 0.775. The SMILES string of the molecule is O=C(CNC1CCNCC1)c1ccccc1F. The number of halogens is 1. The van der Waals surface area contributed by atoms with Gasteiger partial charge in [-0.25, -0.2) is 4.39 Å². The largest absolute Gasteiger partial charge is 0.317 e. The third-order valence-electron chi connectivity index (χ3n) is 3.06. The predicted molar refractivity (Wildman–Crippen MR) is 64.6 cm³/mol. The average Bonchev–Trinajstić information content (AvgIpc) is 2.38. The number of carbonyl (C=O) groups is 1. The van der Waals surface area contributed by atoms with Crippen LogP contribution in [0, 0.1) is 5.82 Å². The van der Waals surface area contributed by atoms with Gasteiger partial charge < -0.3 is 10.6 Å². The monoisotopic (exact) mass is 236 g/mol. The van der Waals surface area contributed by atoms with Gasteiger partial charge in [0.2, 0.25) is 0 Å². The lowest BCUT2D eigenvalue weighted by molar-refractivity contribution is 0.0981. The Bertz CT molecular complexity index is 389. The summed E-state index contributed by atoms with van der Waals surface area (Å²) >= 11 is 0. The van der Waals surface area contributed by atoms with Crippen LogP contribution in [0.15, 0.2) is 24.3 Å². The molecule has 0 radical (unpaired) electrons. The van der Waals surface area contributed by atoms with Gasteiger partial charge in [0, 0.05) is 6.04 Å². The van der Waals surface area contributed by atoms with Crippen molar-refractivity contribution >= 4 is 5.78 Å². The van der Waals surface area contributed by atoms with Crippen molar-refractivity contribution in [2.24, 2.45) is 0 Å². The highest BCUT2D eigenvalue weighted by atomic mass is 19.1. The molecule has 1 saturated heterocycles. The molecule has 1 fully saturated rings. The second kappa shape index (κ2) is 5.89. The molecule has 3 nitrogen and oxygen atoms in total. The number of carbonyl (C=O) groups excluding carboxylic acids is 1. The minimum absolute atomic E-state index is 0.175. The summed E-state index contributed by atoms with van der Waals surface area (Å²) in [6, 6.07) is 6.49. The molecule has 0 aliphatic carbocycles. The Balaban J connectivity index is 1.87. The van der Waals surface area contributed by atoms with Gasteiger partial charge in [0.15, 0.2) is 5.78 Å². The number of benzene rings is 1. The predicted octanol–water partition coefficient (Wildman–Crippen LogP) is 1.35. The number of nitrogens with one attached hydrogen (secondary N) is 2. The molecule has 0 aromatic heterocycles. The van der Waals surface area contributed by atoms with Gasteiger partial charge in [0.25, 0.3) is 0 Å². The summed E-state index contributed by atoms with van der Waals surface area (Å²) in [6.07, 6.45) is 2.04. The zero-order valence-corrected chi connectivity index (χ0v) is 9.71. The zero-order valence-electron chi connectivity index (χ0n) is 9.71. The summed E-state index contributed by atoms with van der Waals surface area (Å²) in [5, 5.41) is 6.45. The standard InChI is InChI=1S/C13H17FN2O/c14-12-4-2-1-3-11(12)13(17)9-16-10-5-7-15-8-6-10/h1-4,10,15-16H,5-9H2. The Labute approximate surface area is 100 Å². The highest BCUT2D eigenvalue weighted by molar-refractivity contribution is 5.97. The van der Waals surface area contributed by atoms with E-state index < -0.39 is 5.82 Å². The lowest BCUT2D eigenvalue weighted by atomic mass is 10.1. The highest BCUT2D eigenvalue weighted by Crippen LogP contribution is 2.07. The van der Waals surface area contributed by atoms with Crippen LogP contribution in [0.5, 0.6) is 0 Å². The molecule has 92 valence electrons. The van der Waals surface area contributed by atoms with Gasteiger partial charge in [-0.2, -0.15) is 0 Å². The van der Waals surface area contributed by atoms with Crippen molar-refractivity contribution in [1.29, 1.82) is 0 Å². The first kappa shape index (κ1) is 12.2. The van der Waals surface area contributed by atoms with Crippen LogP contribution in [-0.2, 0) is 0 Å². The van der Waals surface area contributed by atoms with E-state index in [9.17, 15) is 9.18 Å². The smallest absolute Gasteiger partial charge is 0.179 e. The maximum atomic E-state index is 13.3. The minimum Gasteiger partial charge on any atom is -0.317 e. The molecule has 17 heavy (non-hydrogen) atoms. The summed E-state index contributed by atoms with van der Waals surface area (Å²) in [7, 11) is 0. The van der Waals surface area contributed by atoms with Crippen LogP contribution in [0.3, 0.4) is 0 Å². The first-order valence-corrected chi connectivity index (χ1v) is 5.99. The van der Waals surface area contributed by atoms with E-state index in [0.29, 0.717) is 6.04 Å². The van der Waals surface area contributed by atoms with E-state index in [4.69, 9.17) is 0 Å². The lowest BCUT2D eigenvalue weighted by Crippen LogP contribution is -2.42. The van der Waals surface area contributed by atoms with Crippen LogP contribution in [0.4, 0.5) is 4.39 Å². The van der Waals surface area contributed by atoms with Crippen molar-refractivity contribution in [3.05, 3.63) is 35.6 Å². The molecular weight excluding hydrogens is 219 g/mol. The molecule has 0 amide bonds. The van der Waals surface area contributed by atoms with Crippen LogP contribution in [0.1, 0.15) is 23.2 Å². The molecule has 0 bridgehead atoms. The Kier molecular flexibility index (Phi) is 4.23. The third kappa shape index (κ3) is 3.35. The summed E-state index contributed by atoms with van der Waals surface area (Å²) in [4.78, 5) is 11.8. The van der Waals surface area contributed by atoms with Gasteiger partial charge in [-0.15, -0.1) is 0 Å². The first-order valence-electron chi connectivity index (χ1n) is 5.99. The topological polar surface area (TPSA) is 41.1 Å². The first-order chi connectivity index (χ1) is 8.27. The van der Waals surface area contributed by atoms with Gasteiger partial charge in [-0.1, -0.05) is 12.1 Å². The fourth-order valence-electron chi connectivity index (χ4n) is 2.05. The second-order valence-corrected chi connectivity index (χ2v) is 4.31. The van der Waals surface area contributed by atoms with Crippen LogP contribution >= 0.6 is 0 Å². The normalized spacial score (nSPS) is 17.0. The Morgan fingerprint density at radius 2 is 2.06 bits per heavy atom. The second-order valence-electron chi connectivity index (χ2n) is 4.31. The van der Waals surface area contributed by atoms with E-state index in [1.807, 2.05) is 0 Å². The van der Waals surface area contributed by atoms with Gasteiger partial charge >= 0.3 is 0 Å². The van der Waals surface area contributed by atoms with E-state index in [1.165, 1.54) is 12.1 Å². The number of hydrogen-bond donors (Lipinski definition) is 2. The average molecular weight is 236 g/mol. The van der Waals surface area contributed by atoms with E-state index >= 15 is 0 Å². The number of Topliss-reactive ketones (excluding diaryl/α,β-unsaturated/α-hetero) is 1. The third-order valence-corrected chi connectivity index (χ3v) is 3.06. The maximum absolute atomic E-state index is 13.3. The van der Waals surface area contributed by atoms with Crippen molar-refractivity contribution in [3.63, 3.8) is 0 Å². The summed E-state index contributed by atoms with van der Waals surface area (Å²) in [5.74, 6) is -0.619. The Hall–Kier alpha value is -1.26. The van der Waals surface area contributed by atoms with Crippen molar-refractivity contribution < 1.29 is 9.18 Å². The highest BCUT2D eigenvalue weighted by Gasteiger charge is 2.15. The maximum Gasteiger partial charge on any atom is 0.179 e. The summed E-state index contributed by atoms with van der Waals surface area (Å²) in [6.45, 7) is 2.17. The van der Waals surface area contributed by atoms with E-state index in [2.05, 4.69) is 10.6 Å². The summed E-state index contributed by atoms with van der Waals surface area (Å²) < 4.78 is 13.3.